The number of carboxylic acid groups (broad SMARTS) is 1. The van der Waals surface area contributed by atoms with Crippen LogP contribution in [0.5, 0.6) is 0 Å². The number of rotatable bonds is 6. The summed E-state index contributed by atoms with van der Waals surface area (Å²) in [5.41, 5.74) is -0.339. The predicted octanol–water partition coefficient (Wildman–Crippen LogP) is 2.03. The van der Waals surface area contributed by atoms with E-state index in [2.05, 4.69) is 0 Å². The van der Waals surface area contributed by atoms with Crippen molar-refractivity contribution in [2.24, 2.45) is 11.3 Å². The molecular weight excluding hydrogens is 270 g/mol. The van der Waals surface area contributed by atoms with Crippen LogP contribution in [0.2, 0.25) is 0 Å². The minimum Gasteiger partial charge on any atom is -0.481 e. The Morgan fingerprint density at radius 1 is 1.14 bits per heavy atom. The summed E-state index contributed by atoms with van der Waals surface area (Å²) in [6, 6.07) is 0. The van der Waals surface area contributed by atoms with Crippen LogP contribution >= 0.6 is 0 Å². The first-order chi connectivity index (χ1) is 9.90. The van der Waals surface area contributed by atoms with E-state index in [0.29, 0.717) is 18.9 Å². The number of hydrogen-bond donors (Lipinski definition) is 2. The highest BCUT2D eigenvalue weighted by Crippen LogP contribution is 2.42. The molecule has 2 fully saturated rings. The molecule has 120 valence electrons. The second-order valence-corrected chi connectivity index (χ2v) is 7.07. The van der Waals surface area contributed by atoms with Gasteiger partial charge in [-0.1, -0.05) is 19.3 Å². The third-order valence-electron chi connectivity index (χ3n) is 5.14. The summed E-state index contributed by atoms with van der Waals surface area (Å²) in [6.45, 7) is 0.680. The molecule has 0 radical (unpaired) electrons. The standard InChI is InChI=1S/C16H27NO4/c1-17(11-12-7-13(18)8-12)14(19)9-16(10-15(20)21)5-3-2-4-6-16/h12-13,18H,2-11H2,1H3,(H,20,21). The number of amides is 1. The maximum Gasteiger partial charge on any atom is 0.303 e. The van der Waals surface area contributed by atoms with Gasteiger partial charge in [-0.2, -0.15) is 0 Å². The van der Waals surface area contributed by atoms with Gasteiger partial charge in [0.25, 0.3) is 0 Å². The number of aliphatic hydroxyl groups excluding tert-OH is 1. The van der Waals surface area contributed by atoms with Gasteiger partial charge in [-0.15, -0.1) is 0 Å². The highest BCUT2D eigenvalue weighted by Gasteiger charge is 2.38. The van der Waals surface area contributed by atoms with E-state index in [1.54, 1.807) is 11.9 Å². The number of nitrogens with zero attached hydrogens (tertiary/aromatic N) is 1. The summed E-state index contributed by atoms with van der Waals surface area (Å²) in [5.74, 6) is -0.343. The maximum atomic E-state index is 12.4. The molecule has 0 atom stereocenters. The molecular formula is C16H27NO4. The monoisotopic (exact) mass is 297 g/mol. The Balaban J connectivity index is 1.89. The summed E-state index contributed by atoms with van der Waals surface area (Å²) in [7, 11) is 1.80. The molecule has 0 aromatic heterocycles. The van der Waals surface area contributed by atoms with Gasteiger partial charge in [0.1, 0.15) is 0 Å². The van der Waals surface area contributed by atoms with Crippen LogP contribution in [0.1, 0.15) is 57.8 Å². The zero-order chi connectivity index (χ0) is 15.5. The largest absolute Gasteiger partial charge is 0.481 e. The van der Waals surface area contributed by atoms with Gasteiger partial charge >= 0.3 is 5.97 Å². The highest BCUT2D eigenvalue weighted by molar-refractivity contribution is 5.78. The molecule has 0 heterocycles. The number of carbonyl (C=O) groups excluding carboxylic acids is 1. The summed E-state index contributed by atoms with van der Waals surface area (Å²) in [5, 5.41) is 18.5. The van der Waals surface area contributed by atoms with Crippen molar-refractivity contribution in [3.8, 4) is 0 Å². The van der Waals surface area contributed by atoms with Crippen molar-refractivity contribution >= 4 is 11.9 Å². The van der Waals surface area contributed by atoms with Crippen LogP contribution in [0.25, 0.3) is 0 Å². The van der Waals surface area contributed by atoms with Crippen LogP contribution in [0.3, 0.4) is 0 Å². The molecule has 0 unspecified atom stereocenters. The zero-order valence-corrected chi connectivity index (χ0v) is 12.9. The van der Waals surface area contributed by atoms with Gasteiger partial charge in [0.05, 0.1) is 12.5 Å². The number of carbonyl (C=O) groups is 2. The smallest absolute Gasteiger partial charge is 0.303 e. The van der Waals surface area contributed by atoms with Gasteiger partial charge in [-0.3, -0.25) is 9.59 Å². The third-order valence-corrected chi connectivity index (χ3v) is 5.14. The SMILES string of the molecule is CN(CC1CC(O)C1)C(=O)CC1(CC(=O)O)CCCCC1. The summed E-state index contributed by atoms with van der Waals surface area (Å²) in [4.78, 5) is 25.3. The Morgan fingerprint density at radius 2 is 1.76 bits per heavy atom. The lowest BCUT2D eigenvalue weighted by Crippen LogP contribution is -2.42. The molecule has 2 rings (SSSR count). The van der Waals surface area contributed by atoms with Gasteiger partial charge in [-0.25, -0.2) is 0 Å². The molecule has 1 amide bonds. The lowest BCUT2D eigenvalue weighted by atomic mass is 9.69. The van der Waals surface area contributed by atoms with Crippen molar-refractivity contribution in [1.82, 2.24) is 4.90 Å². The molecule has 0 aromatic rings. The van der Waals surface area contributed by atoms with Crippen molar-refractivity contribution in [3.63, 3.8) is 0 Å². The number of hydrogen-bond acceptors (Lipinski definition) is 3. The summed E-state index contributed by atoms with van der Waals surface area (Å²) in [6.07, 6.45) is 6.71. The van der Waals surface area contributed by atoms with Gasteiger partial charge < -0.3 is 15.1 Å². The fourth-order valence-electron chi connectivity index (χ4n) is 3.83. The Kier molecular flexibility index (Phi) is 5.25. The van der Waals surface area contributed by atoms with E-state index in [0.717, 1.165) is 44.9 Å². The first-order valence-electron chi connectivity index (χ1n) is 8.04. The molecule has 5 nitrogen and oxygen atoms in total. The van der Waals surface area contributed by atoms with Crippen LogP contribution in [0.4, 0.5) is 0 Å². The van der Waals surface area contributed by atoms with Crippen molar-refractivity contribution in [3.05, 3.63) is 0 Å². The van der Waals surface area contributed by atoms with Crippen molar-refractivity contribution in [2.75, 3.05) is 13.6 Å². The van der Waals surface area contributed by atoms with E-state index in [9.17, 15) is 14.7 Å². The van der Waals surface area contributed by atoms with Gasteiger partial charge in [0, 0.05) is 20.0 Å². The lowest BCUT2D eigenvalue weighted by molar-refractivity contribution is -0.142. The fourth-order valence-corrected chi connectivity index (χ4v) is 3.83. The Bertz CT molecular complexity index is 384. The van der Waals surface area contributed by atoms with Crippen LogP contribution < -0.4 is 0 Å². The Morgan fingerprint density at radius 3 is 2.29 bits per heavy atom. The van der Waals surface area contributed by atoms with E-state index in [1.165, 1.54) is 0 Å². The Labute approximate surface area is 126 Å². The maximum absolute atomic E-state index is 12.4. The summed E-state index contributed by atoms with van der Waals surface area (Å²) >= 11 is 0. The third kappa shape index (κ3) is 4.43. The predicted molar refractivity (Wildman–Crippen MR) is 78.8 cm³/mol. The molecule has 5 heteroatoms. The minimum absolute atomic E-state index is 0.0551. The van der Waals surface area contributed by atoms with Crippen molar-refractivity contribution < 1.29 is 19.8 Å². The van der Waals surface area contributed by atoms with Gasteiger partial charge in [0.2, 0.25) is 5.91 Å². The average Bonchev–Trinajstić information content (AvgIpc) is 2.36. The molecule has 0 saturated heterocycles. The molecule has 2 N–H and O–H groups in total. The first-order valence-corrected chi connectivity index (χ1v) is 8.04. The normalized spacial score (nSPS) is 27.7. The van der Waals surface area contributed by atoms with Gasteiger partial charge in [0.15, 0.2) is 0 Å². The van der Waals surface area contributed by atoms with Crippen LogP contribution in [-0.2, 0) is 9.59 Å². The van der Waals surface area contributed by atoms with E-state index in [4.69, 9.17) is 5.11 Å². The minimum atomic E-state index is -0.797. The van der Waals surface area contributed by atoms with E-state index in [1.807, 2.05) is 0 Å². The molecule has 2 aliphatic carbocycles. The molecule has 21 heavy (non-hydrogen) atoms. The number of carboxylic acids is 1. The quantitative estimate of drug-likeness (QED) is 0.786. The lowest BCUT2D eigenvalue weighted by Gasteiger charge is -2.38. The zero-order valence-electron chi connectivity index (χ0n) is 12.9. The summed E-state index contributed by atoms with van der Waals surface area (Å²) < 4.78 is 0. The van der Waals surface area contributed by atoms with E-state index in [-0.39, 0.29) is 23.8 Å². The van der Waals surface area contributed by atoms with Crippen molar-refractivity contribution in [1.29, 1.82) is 0 Å². The molecule has 0 bridgehead atoms. The van der Waals surface area contributed by atoms with Crippen LogP contribution in [-0.4, -0.2) is 46.7 Å². The van der Waals surface area contributed by atoms with Crippen LogP contribution in [0, 0.1) is 11.3 Å². The fraction of sp³-hybridized carbons (Fsp3) is 0.875. The van der Waals surface area contributed by atoms with Gasteiger partial charge in [-0.05, 0) is 37.0 Å². The molecule has 2 aliphatic rings. The topological polar surface area (TPSA) is 77.8 Å². The highest BCUT2D eigenvalue weighted by atomic mass is 16.4. The second kappa shape index (κ2) is 6.77. The molecule has 0 spiro atoms. The van der Waals surface area contributed by atoms with E-state index >= 15 is 0 Å². The Hall–Kier alpha value is -1.10. The second-order valence-electron chi connectivity index (χ2n) is 7.07. The molecule has 2 saturated carbocycles. The number of aliphatic hydroxyl groups is 1. The first kappa shape index (κ1) is 16.3. The average molecular weight is 297 g/mol. The molecule has 0 aliphatic heterocycles. The van der Waals surface area contributed by atoms with E-state index < -0.39 is 5.97 Å². The number of aliphatic carboxylic acids is 1. The van der Waals surface area contributed by atoms with Crippen molar-refractivity contribution in [2.45, 2.75) is 63.9 Å². The van der Waals surface area contributed by atoms with Crippen LogP contribution in [0.15, 0.2) is 0 Å². The molecule has 0 aromatic carbocycles.